The number of esters is 1. The van der Waals surface area contributed by atoms with Crippen LogP contribution in [0.25, 0.3) is 0 Å². The summed E-state index contributed by atoms with van der Waals surface area (Å²) < 4.78 is 30.7. The Balaban J connectivity index is 1.23. The third-order valence-corrected chi connectivity index (χ3v) is 11.0. The third-order valence-electron chi connectivity index (χ3n) is 11.0. The van der Waals surface area contributed by atoms with Gasteiger partial charge in [0.1, 0.15) is 23.6 Å². The summed E-state index contributed by atoms with van der Waals surface area (Å²) in [6, 6.07) is 9.34. The molecule has 4 aliphatic rings. The predicted octanol–water partition coefficient (Wildman–Crippen LogP) is 5.73. The fourth-order valence-corrected chi connectivity index (χ4v) is 7.96. The van der Waals surface area contributed by atoms with E-state index in [9.17, 15) is 33.2 Å². The lowest BCUT2D eigenvalue weighted by Crippen LogP contribution is -2.53. The molecule has 0 aromatic heterocycles. The summed E-state index contributed by atoms with van der Waals surface area (Å²) in [5.41, 5.74) is 0.224. The quantitative estimate of drug-likeness (QED) is 0.212. The number of methoxy groups -OCH3 is 1. The van der Waals surface area contributed by atoms with Gasteiger partial charge in [-0.2, -0.15) is 0 Å². The van der Waals surface area contributed by atoms with E-state index in [2.05, 4.69) is 10.6 Å². The maximum atomic E-state index is 14.5. The molecule has 56 heavy (non-hydrogen) atoms. The lowest BCUT2D eigenvalue weighted by atomic mass is 9.90. The molecule has 2 N–H and O–H groups in total. The van der Waals surface area contributed by atoms with E-state index < -0.39 is 59.1 Å². The Labute approximate surface area is 326 Å². The second-order valence-corrected chi connectivity index (χ2v) is 16.2. The molecule has 13 nitrogen and oxygen atoms in total. The van der Waals surface area contributed by atoms with Crippen molar-refractivity contribution in [3.05, 3.63) is 82.7 Å². The second kappa shape index (κ2) is 16.8. The molecule has 4 amide bonds. The molecule has 0 spiro atoms. The Kier molecular flexibility index (Phi) is 12.2. The average molecular weight is 775 g/mol. The number of nitrogens with zero attached hydrogens (tertiary/aromatic N) is 2. The summed E-state index contributed by atoms with van der Waals surface area (Å²) in [5.74, 6) is -2.32. The molecule has 3 aliphatic heterocycles. The maximum absolute atomic E-state index is 14.5. The van der Waals surface area contributed by atoms with E-state index in [1.165, 1.54) is 23.0 Å². The van der Waals surface area contributed by atoms with Crippen molar-refractivity contribution >= 4 is 35.8 Å². The molecule has 2 aromatic rings. The van der Waals surface area contributed by atoms with Gasteiger partial charge in [0.2, 0.25) is 11.8 Å². The summed E-state index contributed by atoms with van der Waals surface area (Å²) in [7, 11) is 1.29. The summed E-state index contributed by atoms with van der Waals surface area (Å²) in [6.45, 7) is 5.35. The number of hydrogen-bond donors (Lipinski definition) is 2. The van der Waals surface area contributed by atoms with Crippen molar-refractivity contribution in [3.8, 4) is 0 Å². The standard InChI is InChI=1S/C42H51FN4O9/c1-41(2,3)56-39(52)45-33-17-9-7-5-6-8-15-29-20-42(29,38(51)44-22-26-12-10-13-27(18-26)37(50)54-4)21-35(48)34-19-30(24-47(34)36(33)49)55-40(53)46-23-28-14-11-16-32(43)31(28)25-46/h8,10-16,18,29-30,33-34H,5-7,9,17,19-25H2,1-4H3,(H,44,51)(H,45,52)/b15-8-/t29-,30-,33+,34+,42-/m1/s1. The summed E-state index contributed by atoms with van der Waals surface area (Å²) in [5, 5.41) is 5.70. The fraction of sp³-hybridized carbons (Fsp3) is 0.524. The van der Waals surface area contributed by atoms with Crippen LogP contribution in [0.5, 0.6) is 0 Å². The number of rotatable bonds is 6. The monoisotopic (exact) mass is 774 g/mol. The molecule has 300 valence electrons. The minimum Gasteiger partial charge on any atom is -0.465 e. The van der Waals surface area contributed by atoms with Gasteiger partial charge >= 0.3 is 18.2 Å². The number of alkyl carbamates (subject to hydrolysis) is 1. The zero-order chi connectivity index (χ0) is 40.2. The summed E-state index contributed by atoms with van der Waals surface area (Å²) >= 11 is 0. The van der Waals surface area contributed by atoms with Crippen molar-refractivity contribution in [2.75, 3.05) is 13.7 Å². The van der Waals surface area contributed by atoms with Crippen LogP contribution in [-0.2, 0) is 48.2 Å². The van der Waals surface area contributed by atoms with Crippen LogP contribution >= 0.6 is 0 Å². The normalized spacial score (nSPS) is 25.7. The van der Waals surface area contributed by atoms with E-state index in [-0.39, 0.29) is 56.6 Å². The van der Waals surface area contributed by atoms with Gasteiger partial charge in [0.05, 0.1) is 37.2 Å². The lowest BCUT2D eigenvalue weighted by molar-refractivity contribution is -0.140. The first kappa shape index (κ1) is 40.4. The molecule has 1 saturated carbocycles. The van der Waals surface area contributed by atoms with E-state index in [0.717, 1.165) is 19.3 Å². The largest absolute Gasteiger partial charge is 0.465 e. The first-order valence-corrected chi connectivity index (χ1v) is 19.3. The predicted molar refractivity (Wildman–Crippen MR) is 201 cm³/mol. The highest BCUT2D eigenvalue weighted by molar-refractivity contribution is 5.97. The minimum atomic E-state index is -1.07. The molecule has 5 atom stereocenters. The van der Waals surface area contributed by atoms with Gasteiger partial charge in [-0.05, 0) is 81.7 Å². The Hall–Kier alpha value is -5.27. The molecule has 3 heterocycles. The van der Waals surface area contributed by atoms with Crippen molar-refractivity contribution in [2.45, 2.75) is 116 Å². The number of allylic oxidation sites excluding steroid dienone is 2. The van der Waals surface area contributed by atoms with E-state index >= 15 is 0 Å². The molecule has 0 bridgehead atoms. The van der Waals surface area contributed by atoms with Crippen molar-refractivity contribution in [1.82, 2.24) is 20.4 Å². The summed E-state index contributed by atoms with van der Waals surface area (Å²) in [4.78, 5) is 84.2. The number of hydrogen-bond acceptors (Lipinski definition) is 9. The van der Waals surface area contributed by atoms with Crippen LogP contribution in [0.15, 0.2) is 54.6 Å². The fourth-order valence-electron chi connectivity index (χ4n) is 7.96. The summed E-state index contributed by atoms with van der Waals surface area (Å²) in [6.07, 6.45) is 5.18. The van der Waals surface area contributed by atoms with Crippen LogP contribution in [-0.4, -0.2) is 83.0 Å². The van der Waals surface area contributed by atoms with Crippen LogP contribution in [0.4, 0.5) is 14.0 Å². The van der Waals surface area contributed by atoms with Crippen molar-refractivity contribution in [2.24, 2.45) is 11.3 Å². The molecule has 0 radical (unpaired) electrons. The number of carbonyl (C=O) groups excluding carboxylic acids is 6. The van der Waals surface area contributed by atoms with Crippen LogP contribution < -0.4 is 10.6 Å². The molecule has 2 fully saturated rings. The van der Waals surface area contributed by atoms with Crippen molar-refractivity contribution in [1.29, 1.82) is 0 Å². The van der Waals surface area contributed by atoms with Gasteiger partial charge in [0, 0.05) is 31.5 Å². The number of ether oxygens (including phenoxy) is 3. The average Bonchev–Trinajstić information content (AvgIpc) is 3.44. The number of benzene rings is 2. The zero-order valence-corrected chi connectivity index (χ0v) is 32.4. The number of fused-ring (bicyclic) bond motifs is 3. The van der Waals surface area contributed by atoms with Crippen molar-refractivity contribution < 1.29 is 47.4 Å². The highest BCUT2D eigenvalue weighted by atomic mass is 19.1. The van der Waals surface area contributed by atoms with Gasteiger partial charge in [0.15, 0.2) is 5.78 Å². The van der Waals surface area contributed by atoms with Gasteiger partial charge in [-0.3, -0.25) is 19.3 Å². The van der Waals surface area contributed by atoms with Crippen LogP contribution in [0.1, 0.15) is 99.2 Å². The molecular formula is C42H51FN4O9. The van der Waals surface area contributed by atoms with Crippen LogP contribution in [0, 0.1) is 17.2 Å². The van der Waals surface area contributed by atoms with Gasteiger partial charge in [-0.15, -0.1) is 0 Å². The number of halogens is 1. The molecule has 2 aromatic carbocycles. The highest BCUT2D eigenvalue weighted by Gasteiger charge is 2.60. The second-order valence-electron chi connectivity index (χ2n) is 16.2. The number of carbonyl (C=O) groups is 6. The molecule has 1 aliphatic carbocycles. The van der Waals surface area contributed by atoms with Gasteiger partial charge in [-0.1, -0.05) is 49.3 Å². The van der Waals surface area contributed by atoms with Gasteiger partial charge in [0.25, 0.3) is 0 Å². The molecule has 1 saturated heterocycles. The Morgan fingerprint density at radius 2 is 1.80 bits per heavy atom. The van der Waals surface area contributed by atoms with E-state index in [1.807, 2.05) is 12.2 Å². The van der Waals surface area contributed by atoms with Crippen LogP contribution in [0.2, 0.25) is 0 Å². The number of nitrogens with one attached hydrogen (secondary N) is 2. The number of ketones is 1. The van der Waals surface area contributed by atoms with E-state index in [0.29, 0.717) is 41.5 Å². The minimum absolute atomic E-state index is 0.0108. The SMILES string of the molecule is COC(=O)c1cccc(CNC(=O)[C@]23CC(=O)[C@@H]4C[C@@H](OC(=O)N5Cc6cccc(F)c6C5)CN4C(=O)[C@@H](NC(=O)OC(C)(C)C)CCCCC/C=C\[C@@H]2C3)c1. The molecule has 6 rings (SSSR count). The maximum Gasteiger partial charge on any atom is 0.410 e. The van der Waals surface area contributed by atoms with Crippen molar-refractivity contribution in [3.63, 3.8) is 0 Å². The van der Waals surface area contributed by atoms with Crippen LogP contribution in [0.3, 0.4) is 0 Å². The number of amides is 4. The van der Waals surface area contributed by atoms with Gasteiger partial charge < -0.3 is 29.7 Å². The topological polar surface area (TPSA) is 161 Å². The first-order chi connectivity index (χ1) is 26.7. The van der Waals surface area contributed by atoms with Gasteiger partial charge in [-0.25, -0.2) is 18.8 Å². The smallest absolute Gasteiger partial charge is 0.410 e. The molecule has 0 unspecified atom stereocenters. The Bertz CT molecular complexity index is 1890. The first-order valence-electron chi connectivity index (χ1n) is 19.3. The molecular weight excluding hydrogens is 723 g/mol. The number of Topliss-reactive ketones (excluding diaryl/α,β-unsaturated/α-hetero) is 1. The van der Waals surface area contributed by atoms with E-state index in [1.54, 1.807) is 57.2 Å². The third kappa shape index (κ3) is 9.39. The zero-order valence-electron chi connectivity index (χ0n) is 32.4. The highest BCUT2D eigenvalue weighted by Crippen LogP contribution is 2.57. The Morgan fingerprint density at radius 1 is 1.02 bits per heavy atom. The lowest BCUT2D eigenvalue weighted by Gasteiger charge is -2.30. The van der Waals surface area contributed by atoms with E-state index in [4.69, 9.17) is 14.2 Å². The molecule has 14 heteroatoms. The Morgan fingerprint density at radius 3 is 2.55 bits per heavy atom.